The molecule has 0 saturated heterocycles. The van der Waals surface area contributed by atoms with Gasteiger partial charge in [0, 0.05) is 6.54 Å². The molecule has 1 aromatic carbocycles. The van der Waals surface area contributed by atoms with Gasteiger partial charge in [0.2, 0.25) is 0 Å². The molecule has 102 valence electrons. The molecule has 0 aliphatic rings. The summed E-state index contributed by atoms with van der Waals surface area (Å²) in [6.07, 6.45) is 0. The summed E-state index contributed by atoms with van der Waals surface area (Å²) in [5.41, 5.74) is 1.31. The van der Waals surface area contributed by atoms with Crippen molar-refractivity contribution < 1.29 is 15.3 Å². The number of nitrogens with one attached hydrogen (secondary N) is 1. The third kappa shape index (κ3) is 3.78. The van der Waals surface area contributed by atoms with Gasteiger partial charge in [0.05, 0.1) is 25.4 Å². The zero-order valence-electron chi connectivity index (χ0n) is 11.1. The molecule has 0 atom stereocenters. The van der Waals surface area contributed by atoms with Gasteiger partial charge in [0.1, 0.15) is 0 Å². The standard InChI is InChI=1S/C14H23NO3/c1-11(2)13-5-3-12(4-6-13)7-15-14(8-16,9-17)10-18/h3-6,11,15-18H,7-10H2,1-2H3. The third-order valence-corrected chi connectivity index (χ3v) is 3.22. The third-order valence-electron chi connectivity index (χ3n) is 3.22. The molecule has 0 unspecified atom stereocenters. The van der Waals surface area contributed by atoms with Gasteiger partial charge in [-0.2, -0.15) is 0 Å². The first-order valence-corrected chi connectivity index (χ1v) is 6.23. The van der Waals surface area contributed by atoms with E-state index >= 15 is 0 Å². The van der Waals surface area contributed by atoms with Crippen LogP contribution in [-0.2, 0) is 6.54 Å². The SMILES string of the molecule is CC(C)c1ccc(CNC(CO)(CO)CO)cc1. The highest BCUT2D eigenvalue weighted by Crippen LogP contribution is 2.15. The number of benzene rings is 1. The zero-order chi connectivity index (χ0) is 13.6. The second-order valence-corrected chi connectivity index (χ2v) is 5.00. The van der Waals surface area contributed by atoms with Crippen molar-refractivity contribution in [1.82, 2.24) is 5.32 Å². The Hall–Kier alpha value is -0.940. The van der Waals surface area contributed by atoms with Crippen molar-refractivity contribution in [2.24, 2.45) is 0 Å². The van der Waals surface area contributed by atoms with Gasteiger partial charge in [0.25, 0.3) is 0 Å². The molecule has 4 heteroatoms. The van der Waals surface area contributed by atoms with Crippen LogP contribution in [0.3, 0.4) is 0 Å². The number of aliphatic hydroxyl groups is 3. The molecular formula is C14H23NO3. The molecule has 1 aromatic rings. The van der Waals surface area contributed by atoms with E-state index in [2.05, 4.69) is 31.3 Å². The predicted octanol–water partition coefficient (Wildman–Crippen LogP) is 0.615. The number of aliphatic hydroxyl groups excluding tert-OH is 3. The number of hydrogen-bond donors (Lipinski definition) is 4. The zero-order valence-corrected chi connectivity index (χ0v) is 11.1. The minimum absolute atomic E-state index is 0.302. The van der Waals surface area contributed by atoms with Crippen LogP contribution in [0.2, 0.25) is 0 Å². The van der Waals surface area contributed by atoms with Crippen LogP contribution in [0.5, 0.6) is 0 Å². The quantitative estimate of drug-likeness (QED) is 0.575. The van der Waals surface area contributed by atoms with Gasteiger partial charge >= 0.3 is 0 Å². The topological polar surface area (TPSA) is 72.7 Å². The molecule has 4 nitrogen and oxygen atoms in total. The fourth-order valence-corrected chi connectivity index (χ4v) is 1.63. The smallest absolute Gasteiger partial charge is 0.0884 e. The van der Waals surface area contributed by atoms with Crippen molar-refractivity contribution in [3.05, 3.63) is 35.4 Å². The Morgan fingerprint density at radius 1 is 1.00 bits per heavy atom. The average Bonchev–Trinajstić information content (AvgIpc) is 2.41. The summed E-state index contributed by atoms with van der Waals surface area (Å²) in [5.74, 6) is 0.499. The molecule has 0 fully saturated rings. The van der Waals surface area contributed by atoms with E-state index in [1.807, 2.05) is 12.1 Å². The van der Waals surface area contributed by atoms with Crippen LogP contribution in [0, 0.1) is 0 Å². The minimum atomic E-state index is -1.02. The maximum atomic E-state index is 9.19. The highest BCUT2D eigenvalue weighted by atomic mass is 16.3. The summed E-state index contributed by atoms with van der Waals surface area (Å²) < 4.78 is 0. The number of rotatable bonds is 7. The van der Waals surface area contributed by atoms with E-state index < -0.39 is 5.54 Å². The molecule has 0 heterocycles. The lowest BCUT2D eigenvalue weighted by Gasteiger charge is -2.28. The molecule has 0 radical (unpaired) electrons. The van der Waals surface area contributed by atoms with Gasteiger partial charge in [-0.25, -0.2) is 0 Å². The normalized spacial score (nSPS) is 12.1. The molecule has 1 rings (SSSR count). The minimum Gasteiger partial charge on any atom is -0.394 e. The van der Waals surface area contributed by atoms with Crippen molar-refractivity contribution in [3.63, 3.8) is 0 Å². The lowest BCUT2D eigenvalue weighted by atomic mass is 10.0. The van der Waals surface area contributed by atoms with Gasteiger partial charge in [-0.05, 0) is 17.0 Å². The fraction of sp³-hybridized carbons (Fsp3) is 0.571. The molecule has 0 aromatic heterocycles. The van der Waals surface area contributed by atoms with Gasteiger partial charge in [0.15, 0.2) is 0 Å². The highest BCUT2D eigenvalue weighted by Gasteiger charge is 2.26. The van der Waals surface area contributed by atoms with Crippen LogP contribution >= 0.6 is 0 Å². The van der Waals surface area contributed by atoms with E-state index in [4.69, 9.17) is 0 Å². The van der Waals surface area contributed by atoms with Gasteiger partial charge in [-0.15, -0.1) is 0 Å². The predicted molar refractivity (Wildman–Crippen MR) is 71.4 cm³/mol. The second kappa shape index (κ2) is 6.85. The molecule has 0 saturated carbocycles. The number of hydrogen-bond acceptors (Lipinski definition) is 4. The Balaban J connectivity index is 2.62. The lowest BCUT2D eigenvalue weighted by molar-refractivity contribution is 0.0414. The summed E-state index contributed by atoms with van der Waals surface area (Å²) in [7, 11) is 0. The largest absolute Gasteiger partial charge is 0.394 e. The van der Waals surface area contributed by atoms with Crippen molar-refractivity contribution in [1.29, 1.82) is 0 Å². The van der Waals surface area contributed by atoms with Gasteiger partial charge in [-0.1, -0.05) is 38.1 Å². The van der Waals surface area contributed by atoms with E-state index in [-0.39, 0.29) is 19.8 Å². The van der Waals surface area contributed by atoms with E-state index in [1.54, 1.807) is 0 Å². The molecule has 18 heavy (non-hydrogen) atoms. The molecular weight excluding hydrogens is 230 g/mol. The van der Waals surface area contributed by atoms with Crippen molar-refractivity contribution in [2.45, 2.75) is 31.8 Å². The summed E-state index contributed by atoms with van der Waals surface area (Å²) in [5, 5.41) is 30.6. The first kappa shape index (κ1) is 15.1. The van der Waals surface area contributed by atoms with Crippen LogP contribution in [0.4, 0.5) is 0 Å². The van der Waals surface area contributed by atoms with Crippen LogP contribution in [-0.4, -0.2) is 40.7 Å². The van der Waals surface area contributed by atoms with Crippen LogP contribution in [0.15, 0.2) is 24.3 Å². The Morgan fingerprint density at radius 3 is 1.89 bits per heavy atom. The van der Waals surface area contributed by atoms with Crippen LogP contribution < -0.4 is 5.32 Å². The highest BCUT2D eigenvalue weighted by molar-refractivity contribution is 5.24. The van der Waals surface area contributed by atoms with Crippen LogP contribution in [0.25, 0.3) is 0 Å². The molecule has 0 spiro atoms. The second-order valence-electron chi connectivity index (χ2n) is 5.00. The fourth-order valence-electron chi connectivity index (χ4n) is 1.63. The van der Waals surface area contributed by atoms with Gasteiger partial charge < -0.3 is 20.6 Å². The Kier molecular flexibility index (Phi) is 5.75. The van der Waals surface area contributed by atoms with E-state index in [0.29, 0.717) is 12.5 Å². The molecule has 0 bridgehead atoms. The van der Waals surface area contributed by atoms with Crippen molar-refractivity contribution in [2.75, 3.05) is 19.8 Å². The summed E-state index contributed by atoms with van der Waals surface area (Å²) >= 11 is 0. The molecule has 0 aliphatic heterocycles. The van der Waals surface area contributed by atoms with E-state index in [9.17, 15) is 15.3 Å². The van der Waals surface area contributed by atoms with Crippen LogP contribution in [0.1, 0.15) is 30.9 Å². The first-order valence-electron chi connectivity index (χ1n) is 6.23. The maximum Gasteiger partial charge on any atom is 0.0884 e. The monoisotopic (exact) mass is 253 g/mol. The average molecular weight is 253 g/mol. The van der Waals surface area contributed by atoms with Crippen molar-refractivity contribution >= 4 is 0 Å². The Labute approximate surface area is 108 Å². The molecule has 0 amide bonds. The summed E-state index contributed by atoms with van der Waals surface area (Å²) in [6.45, 7) is 3.88. The van der Waals surface area contributed by atoms with Gasteiger partial charge in [-0.3, -0.25) is 0 Å². The van der Waals surface area contributed by atoms with E-state index in [1.165, 1.54) is 5.56 Å². The maximum absolute atomic E-state index is 9.19. The van der Waals surface area contributed by atoms with E-state index in [0.717, 1.165) is 5.56 Å². The summed E-state index contributed by atoms with van der Waals surface area (Å²) in [4.78, 5) is 0. The lowest BCUT2D eigenvalue weighted by Crippen LogP contribution is -2.54. The molecule has 4 N–H and O–H groups in total. The first-order chi connectivity index (χ1) is 8.56. The summed E-state index contributed by atoms with van der Waals surface area (Å²) in [6, 6.07) is 8.17. The Bertz CT molecular complexity index is 336. The Morgan fingerprint density at radius 2 is 1.50 bits per heavy atom. The van der Waals surface area contributed by atoms with Crippen molar-refractivity contribution in [3.8, 4) is 0 Å². The molecule has 0 aliphatic carbocycles.